The molecular formula is C13H14BrNO3S2. The van der Waals surface area contributed by atoms with E-state index in [9.17, 15) is 9.59 Å². The van der Waals surface area contributed by atoms with Gasteiger partial charge in [-0.05, 0) is 18.2 Å². The summed E-state index contributed by atoms with van der Waals surface area (Å²) in [4.78, 5) is 23.0. The Morgan fingerprint density at radius 1 is 1.30 bits per heavy atom. The molecule has 108 valence electrons. The minimum absolute atomic E-state index is 0.104. The van der Waals surface area contributed by atoms with Crippen molar-refractivity contribution in [3.8, 4) is 0 Å². The Labute approximate surface area is 134 Å². The van der Waals surface area contributed by atoms with Crippen molar-refractivity contribution in [1.82, 2.24) is 5.32 Å². The van der Waals surface area contributed by atoms with Crippen LogP contribution in [0, 0.1) is 0 Å². The Balaban J connectivity index is 1.99. The van der Waals surface area contributed by atoms with Crippen LogP contribution >= 0.6 is 39.5 Å². The normalized spacial score (nSPS) is 18.6. The molecule has 0 aromatic heterocycles. The zero-order chi connectivity index (χ0) is 14.5. The maximum Gasteiger partial charge on any atom is 0.335 e. The van der Waals surface area contributed by atoms with E-state index in [-0.39, 0.29) is 11.5 Å². The van der Waals surface area contributed by atoms with Gasteiger partial charge in [0.2, 0.25) is 0 Å². The Morgan fingerprint density at radius 3 is 2.70 bits per heavy atom. The third-order valence-electron chi connectivity index (χ3n) is 2.78. The lowest BCUT2D eigenvalue weighted by molar-refractivity contribution is 0.0697. The van der Waals surface area contributed by atoms with Crippen LogP contribution in [0.15, 0.2) is 22.7 Å². The van der Waals surface area contributed by atoms with Crippen molar-refractivity contribution in [2.24, 2.45) is 0 Å². The second-order valence-corrected chi connectivity index (χ2v) is 7.79. The molecule has 1 aliphatic rings. The maximum absolute atomic E-state index is 12.1. The van der Waals surface area contributed by atoms with Crippen molar-refractivity contribution in [3.05, 3.63) is 33.8 Å². The standard InChI is InChI=1S/C13H14BrNO3S2/c14-10-4-8(3-9(5-10)13(17)18)12(16)15-6-11-7-19-1-2-20-11/h3-5,11H,1-2,6-7H2,(H,15,16)(H,17,18). The molecule has 2 N–H and O–H groups in total. The van der Waals surface area contributed by atoms with Crippen LogP contribution in [0.2, 0.25) is 0 Å². The predicted molar refractivity (Wildman–Crippen MR) is 87.0 cm³/mol. The summed E-state index contributed by atoms with van der Waals surface area (Å²) in [6.07, 6.45) is 0. The Bertz CT molecular complexity index is 518. The second kappa shape index (κ2) is 7.38. The van der Waals surface area contributed by atoms with E-state index >= 15 is 0 Å². The van der Waals surface area contributed by atoms with Crippen molar-refractivity contribution in [2.45, 2.75) is 5.25 Å². The van der Waals surface area contributed by atoms with E-state index in [4.69, 9.17) is 5.11 Å². The monoisotopic (exact) mass is 375 g/mol. The van der Waals surface area contributed by atoms with Gasteiger partial charge >= 0.3 is 5.97 Å². The molecule has 1 atom stereocenters. The summed E-state index contributed by atoms with van der Waals surface area (Å²) in [5.41, 5.74) is 0.470. The first-order chi connectivity index (χ1) is 9.56. The molecule has 1 unspecified atom stereocenters. The van der Waals surface area contributed by atoms with E-state index in [1.165, 1.54) is 17.9 Å². The fourth-order valence-corrected chi connectivity index (χ4v) is 4.91. The van der Waals surface area contributed by atoms with Crippen LogP contribution in [0.4, 0.5) is 0 Å². The lowest BCUT2D eigenvalue weighted by Crippen LogP contribution is -2.33. The van der Waals surface area contributed by atoms with Gasteiger partial charge in [-0.1, -0.05) is 15.9 Å². The number of aromatic carboxylic acids is 1. The van der Waals surface area contributed by atoms with Gasteiger partial charge in [0.15, 0.2) is 0 Å². The molecule has 1 heterocycles. The fourth-order valence-electron chi connectivity index (χ4n) is 1.81. The number of carbonyl (C=O) groups is 2. The molecule has 1 aromatic carbocycles. The first-order valence-corrected chi connectivity index (χ1v) is 9.07. The van der Waals surface area contributed by atoms with Crippen molar-refractivity contribution in [2.75, 3.05) is 23.8 Å². The third kappa shape index (κ3) is 4.43. The zero-order valence-corrected chi connectivity index (χ0v) is 13.8. The molecule has 1 aromatic rings. The number of carboxylic acid groups (broad SMARTS) is 1. The van der Waals surface area contributed by atoms with Gasteiger partial charge in [-0.2, -0.15) is 23.5 Å². The summed E-state index contributed by atoms with van der Waals surface area (Å²) in [6, 6.07) is 4.50. The number of hydrogen-bond acceptors (Lipinski definition) is 4. The molecule has 0 aliphatic carbocycles. The summed E-state index contributed by atoms with van der Waals surface area (Å²) in [5, 5.41) is 12.3. The summed E-state index contributed by atoms with van der Waals surface area (Å²) in [5.74, 6) is 2.06. The summed E-state index contributed by atoms with van der Waals surface area (Å²) in [6.45, 7) is 0.616. The number of carbonyl (C=O) groups excluding carboxylic acids is 1. The van der Waals surface area contributed by atoms with Crippen LogP contribution in [0.1, 0.15) is 20.7 Å². The van der Waals surface area contributed by atoms with Gasteiger partial charge in [0.1, 0.15) is 0 Å². The zero-order valence-electron chi connectivity index (χ0n) is 10.6. The molecule has 4 nitrogen and oxygen atoms in total. The minimum Gasteiger partial charge on any atom is -0.478 e. The summed E-state index contributed by atoms with van der Waals surface area (Å²) >= 11 is 7.00. The van der Waals surface area contributed by atoms with Crippen molar-refractivity contribution in [3.63, 3.8) is 0 Å². The first kappa shape index (κ1) is 15.7. The molecule has 7 heteroatoms. The van der Waals surface area contributed by atoms with Crippen LogP contribution < -0.4 is 5.32 Å². The highest BCUT2D eigenvalue weighted by Crippen LogP contribution is 2.23. The molecule has 1 aliphatic heterocycles. The smallest absolute Gasteiger partial charge is 0.335 e. The number of halogens is 1. The highest BCUT2D eigenvalue weighted by atomic mass is 79.9. The van der Waals surface area contributed by atoms with Crippen molar-refractivity contribution in [1.29, 1.82) is 0 Å². The van der Waals surface area contributed by atoms with Gasteiger partial charge in [0, 0.05) is 39.1 Å². The van der Waals surface area contributed by atoms with Crippen molar-refractivity contribution < 1.29 is 14.7 Å². The van der Waals surface area contributed by atoms with E-state index in [2.05, 4.69) is 21.2 Å². The lowest BCUT2D eigenvalue weighted by Gasteiger charge is -2.21. The van der Waals surface area contributed by atoms with Gasteiger partial charge in [-0.25, -0.2) is 4.79 Å². The molecule has 2 rings (SSSR count). The maximum atomic E-state index is 12.1. The lowest BCUT2D eigenvalue weighted by atomic mass is 10.1. The molecule has 1 saturated heterocycles. The van der Waals surface area contributed by atoms with Crippen LogP contribution in [-0.2, 0) is 0 Å². The molecule has 0 bridgehead atoms. The van der Waals surface area contributed by atoms with Gasteiger partial charge in [-0.3, -0.25) is 4.79 Å². The van der Waals surface area contributed by atoms with E-state index in [1.54, 1.807) is 6.07 Å². The van der Waals surface area contributed by atoms with E-state index in [0.717, 1.165) is 11.5 Å². The van der Waals surface area contributed by atoms with Crippen LogP contribution in [0.5, 0.6) is 0 Å². The first-order valence-electron chi connectivity index (χ1n) is 6.07. The van der Waals surface area contributed by atoms with Gasteiger partial charge in [0.25, 0.3) is 5.91 Å². The van der Waals surface area contributed by atoms with E-state index in [1.807, 2.05) is 23.5 Å². The largest absolute Gasteiger partial charge is 0.478 e. The predicted octanol–water partition coefficient (Wildman–Crippen LogP) is 2.73. The molecule has 20 heavy (non-hydrogen) atoms. The quantitative estimate of drug-likeness (QED) is 0.846. The number of nitrogens with one attached hydrogen (secondary N) is 1. The molecule has 0 saturated carbocycles. The highest BCUT2D eigenvalue weighted by molar-refractivity contribution is 9.10. The number of carboxylic acids is 1. The van der Waals surface area contributed by atoms with Gasteiger partial charge in [0.05, 0.1) is 5.56 Å². The Kier molecular flexibility index (Phi) is 5.80. The molecule has 1 amide bonds. The summed E-state index contributed by atoms with van der Waals surface area (Å²) in [7, 11) is 0. The van der Waals surface area contributed by atoms with Crippen LogP contribution in [-0.4, -0.2) is 46.0 Å². The second-order valence-electron chi connectivity index (χ2n) is 4.31. The van der Waals surface area contributed by atoms with Crippen molar-refractivity contribution >= 4 is 51.3 Å². The van der Waals surface area contributed by atoms with Gasteiger partial charge < -0.3 is 10.4 Å². The van der Waals surface area contributed by atoms with E-state index in [0.29, 0.717) is 21.8 Å². The number of rotatable bonds is 4. The number of thioether (sulfide) groups is 2. The average Bonchev–Trinajstić information content (AvgIpc) is 2.45. The van der Waals surface area contributed by atoms with E-state index < -0.39 is 5.97 Å². The molecule has 1 fully saturated rings. The molecule has 0 radical (unpaired) electrons. The number of amides is 1. The number of benzene rings is 1. The highest BCUT2D eigenvalue weighted by Gasteiger charge is 2.16. The van der Waals surface area contributed by atoms with Crippen LogP contribution in [0.3, 0.4) is 0 Å². The summed E-state index contributed by atoms with van der Waals surface area (Å²) < 4.78 is 0.588. The Hall–Kier alpha value is -0.660. The van der Waals surface area contributed by atoms with Crippen LogP contribution in [0.25, 0.3) is 0 Å². The fraction of sp³-hybridized carbons (Fsp3) is 0.385. The average molecular weight is 376 g/mol. The third-order valence-corrected chi connectivity index (χ3v) is 6.08. The Morgan fingerprint density at radius 2 is 2.05 bits per heavy atom. The number of hydrogen-bond donors (Lipinski definition) is 2. The SMILES string of the molecule is O=C(O)c1cc(Br)cc(C(=O)NCC2CSCCS2)c1. The molecule has 0 spiro atoms. The minimum atomic E-state index is -1.04. The van der Waals surface area contributed by atoms with Gasteiger partial charge in [-0.15, -0.1) is 0 Å². The molecular weight excluding hydrogens is 362 g/mol. The topological polar surface area (TPSA) is 66.4 Å².